The zero-order chi connectivity index (χ0) is 12.6. The molecule has 0 atom stereocenters. The molecule has 1 aromatic rings. The van der Waals surface area contributed by atoms with Gasteiger partial charge in [-0.1, -0.05) is 49.4 Å². The minimum atomic E-state index is 0.761. The van der Waals surface area contributed by atoms with Gasteiger partial charge in [-0.15, -0.1) is 0 Å². The molecule has 1 aliphatic rings. The Hall–Kier alpha value is -1.12. The van der Waals surface area contributed by atoms with Crippen molar-refractivity contribution in [2.24, 2.45) is 0 Å². The molecule has 1 heterocycles. The second-order valence-electron chi connectivity index (χ2n) is 4.88. The lowest BCUT2D eigenvalue weighted by Gasteiger charge is -2.33. The molecule has 18 heavy (non-hydrogen) atoms. The summed E-state index contributed by atoms with van der Waals surface area (Å²) in [5.74, 6) is 0. The smallest absolute Gasteiger partial charge is 0.0169 e. The van der Waals surface area contributed by atoms with Crippen LogP contribution in [0.3, 0.4) is 0 Å². The van der Waals surface area contributed by atoms with Crippen molar-refractivity contribution in [3.63, 3.8) is 0 Å². The fraction of sp³-hybridized carbons (Fsp3) is 0.500. The summed E-state index contributed by atoms with van der Waals surface area (Å²) >= 11 is 0. The Kier molecular flexibility index (Phi) is 5.43. The lowest BCUT2D eigenvalue weighted by Crippen LogP contribution is -2.43. The Morgan fingerprint density at radius 1 is 1.22 bits per heavy atom. The molecule has 0 spiro atoms. The summed E-state index contributed by atoms with van der Waals surface area (Å²) in [5.41, 5.74) is 1.29. The molecule has 2 nitrogen and oxygen atoms in total. The number of likely N-dealkylation sites (N-methyl/N-ethyl adjacent to an activating group) is 1. The zero-order valence-corrected chi connectivity index (χ0v) is 11.3. The van der Waals surface area contributed by atoms with Gasteiger partial charge in [-0.05, 0) is 38.0 Å². The SMILES string of the molecule is CCN(CC=Cc1ccccc1)C1CCNCC1. The van der Waals surface area contributed by atoms with Crippen LogP contribution in [0.25, 0.3) is 6.08 Å². The predicted octanol–water partition coefficient (Wildman–Crippen LogP) is 2.77. The summed E-state index contributed by atoms with van der Waals surface area (Å²) in [6.07, 6.45) is 7.09. The molecule has 1 fully saturated rings. The number of piperidine rings is 1. The number of nitrogens with one attached hydrogen (secondary N) is 1. The third-order valence-corrected chi connectivity index (χ3v) is 3.68. The highest BCUT2D eigenvalue weighted by Crippen LogP contribution is 2.11. The van der Waals surface area contributed by atoms with Gasteiger partial charge in [-0.3, -0.25) is 4.90 Å². The first-order valence-corrected chi connectivity index (χ1v) is 7.06. The first kappa shape index (κ1) is 13.3. The maximum atomic E-state index is 3.43. The predicted molar refractivity (Wildman–Crippen MR) is 78.6 cm³/mol. The molecule has 2 rings (SSSR count). The van der Waals surface area contributed by atoms with Crippen LogP contribution in [0.15, 0.2) is 36.4 Å². The largest absolute Gasteiger partial charge is 0.317 e. The maximum Gasteiger partial charge on any atom is 0.0169 e. The van der Waals surface area contributed by atoms with E-state index in [2.05, 4.69) is 59.6 Å². The number of nitrogens with zero attached hydrogens (tertiary/aromatic N) is 1. The van der Waals surface area contributed by atoms with Gasteiger partial charge in [0.15, 0.2) is 0 Å². The molecule has 0 amide bonds. The Morgan fingerprint density at radius 2 is 1.94 bits per heavy atom. The second kappa shape index (κ2) is 7.34. The van der Waals surface area contributed by atoms with Crippen molar-refractivity contribution in [3.8, 4) is 0 Å². The average molecular weight is 244 g/mol. The molecular formula is C16H24N2. The van der Waals surface area contributed by atoms with Gasteiger partial charge in [0.2, 0.25) is 0 Å². The van der Waals surface area contributed by atoms with Crippen LogP contribution in [0.5, 0.6) is 0 Å². The minimum absolute atomic E-state index is 0.761. The highest BCUT2D eigenvalue weighted by molar-refractivity contribution is 5.48. The van der Waals surface area contributed by atoms with E-state index < -0.39 is 0 Å². The Morgan fingerprint density at radius 3 is 2.61 bits per heavy atom. The van der Waals surface area contributed by atoms with E-state index in [0.29, 0.717) is 0 Å². The summed E-state index contributed by atoms with van der Waals surface area (Å²) in [6, 6.07) is 11.3. The lowest BCUT2D eigenvalue weighted by molar-refractivity contribution is 0.188. The number of hydrogen-bond acceptors (Lipinski definition) is 2. The van der Waals surface area contributed by atoms with Crippen LogP contribution in [-0.2, 0) is 0 Å². The van der Waals surface area contributed by atoms with Crippen molar-refractivity contribution < 1.29 is 0 Å². The molecule has 0 aromatic heterocycles. The van der Waals surface area contributed by atoms with Crippen LogP contribution in [0.1, 0.15) is 25.3 Å². The van der Waals surface area contributed by atoms with Gasteiger partial charge in [0, 0.05) is 12.6 Å². The Labute approximate surface area is 111 Å². The Bertz CT molecular complexity index is 353. The van der Waals surface area contributed by atoms with Gasteiger partial charge in [0.05, 0.1) is 0 Å². The normalized spacial score (nSPS) is 17.7. The van der Waals surface area contributed by atoms with Crippen molar-refractivity contribution >= 4 is 6.08 Å². The van der Waals surface area contributed by atoms with Crippen LogP contribution in [-0.4, -0.2) is 37.1 Å². The van der Waals surface area contributed by atoms with Crippen molar-refractivity contribution in [2.45, 2.75) is 25.8 Å². The van der Waals surface area contributed by atoms with Crippen LogP contribution in [0.2, 0.25) is 0 Å². The van der Waals surface area contributed by atoms with Crippen molar-refractivity contribution in [1.29, 1.82) is 0 Å². The topological polar surface area (TPSA) is 15.3 Å². The molecule has 98 valence electrons. The van der Waals surface area contributed by atoms with Crippen molar-refractivity contribution in [2.75, 3.05) is 26.2 Å². The van der Waals surface area contributed by atoms with E-state index in [1.807, 2.05) is 0 Å². The Balaban J connectivity index is 1.84. The molecule has 1 saturated heterocycles. The van der Waals surface area contributed by atoms with E-state index in [4.69, 9.17) is 0 Å². The third kappa shape index (κ3) is 3.97. The fourth-order valence-electron chi connectivity index (χ4n) is 2.60. The van der Waals surface area contributed by atoms with Crippen LogP contribution < -0.4 is 5.32 Å². The second-order valence-corrected chi connectivity index (χ2v) is 4.88. The molecule has 0 bridgehead atoms. The van der Waals surface area contributed by atoms with Gasteiger partial charge in [-0.25, -0.2) is 0 Å². The van der Waals surface area contributed by atoms with Crippen molar-refractivity contribution in [3.05, 3.63) is 42.0 Å². The summed E-state index contributed by atoms with van der Waals surface area (Å²) in [6.45, 7) is 6.81. The number of rotatable bonds is 5. The monoisotopic (exact) mass is 244 g/mol. The molecule has 0 unspecified atom stereocenters. The van der Waals surface area contributed by atoms with Crippen LogP contribution in [0.4, 0.5) is 0 Å². The van der Waals surface area contributed by atoms with E-state index in [9.17, 15) is 0 Å². The first-order valence-electron chi connectivity index (χ1n) is 7.06. The quantitative estimate of drug-likeness (QED) is 0.857. The van der Waals surface area contributed by atoms with Gasteiger partial charge in [0.25, 0.3) is 0 Å². The van der Waals surface area contributed by atoms with E-state index in [0.717, 1.165) is 19.1 Å². The fourth-order valence-corrected chi connectivity index (χ4v) is 2.60. The van der Waals surface area contributed by atoms with Gasteiger partial charge >= 0.3 is 0 Å². The van der Waals surface area contributed by atoms with Gasteiger partial charge < -0.3 is 5.32 Å². The highest BCUT2D eigenvalue weighted by atomic mass is 15.2. The number of benzene rings is 1. The third-order valence-electron chi connectivity index (χ3n) is 3.68. The summed E-state index contributed by atoms with van der Waals surface area (Å²) in [5, 5.41) is 3.43. The summed E-state index contributed by atoms with van der Waals surface area (Å²) in [4.78, 5) is 2.58. The lowest BCUT2D eigenvalue weighted by atomic mass is 10.0. The first-order chi connectivity index (χ1) is 8.90. The zero-order valence-electron chi connectivity index (χ0n) is 11.3. The van der Waals surface area contributed by atoms with E-state index >= 15 is 0 Å². The average Bonchev–Trinajstić information content (AvgIpc) is 2.46. The van der Waals surface area contributed by atoms with Gasteiger partial charge in [-0.2, -0.15) is 0 Å². The molecule has 0 saturated carbocycles. The molecule has 1 aromatic carbocycles. The maximum absolute atomic E-state index is 3.43. The molecule has 1 aliphatic heterocycles. The van der Waals surface area contributed by atoms with Gasteiger partial charge in [0.1, 0.15) is 0 Å². The molecule has 0 radical (unpaired) electrons. The molecule has 1 N–H and O–H groups in total. The molecule has 2 heteroatoms. The van der Waals surface area contributed by atoms with E-state index in [1.54, 1.807) is 0 Å². The van der Waals surface area contributed by atoms with Crippen LogP contribution in [0, 0.1) is 0 Å². The van der Waals surface area contributed by atoms with Crippen LogP contribution >= 0.6 is 0 Å². The molecular weight excluding hydrogens is 220 g/mol. The standard InChI is InChI=1S/C16H24N2/c1-2-18(16-10-12-17-13-11-16)14-6-9-15-7-4-3-5-8-15/h3-9,16-17H,2,10-14H2,1H3. The molecule has 0 aliphatic carbocycles. The van der Waals surface area contributed by atoms with Crippen molar-refractivity contribution in [1.82, 2.24) is 10.2 Å². The van der Waals surface area contributed by atoms with E-state index in [1.165, 1.54) is 31.5 Å². The summed E-state index contributed by atoms with van der Waals surface area (Å²) in [7, 11) is 0. The number of hydrogen-bond donors (Lipinski definition) is 1. The highest BCUT2D eigenvalue weighted by Gasteiger charge is 2.18. The minimum Gasteiger partial charge on any atom is -0.317 e. The summed E-state index contributed by atoms with van der Waals surface area (Å²) < 4.78 is 0. The van der Waals surface area contributed by atoms with E-state index in [-0.39, 0.29) is 0 Å².